The number of hydrogen-bond acceptors (Lipinski definition) is 3. The summed E-state index contributed by atoms with van der Waals surface area (Å²) >= 11 is 0. The molecule has 0 aliphatic carbocycles. The topological polar surface area (TPSA) is 72.2 Å². The van der Waals surface area contributed by atoms with Gasteiger partial charge in [-0.2, -0.15) is 0 Å². The second kappa shape index (κ2) is 7.90. The first kappa shape index (κ1) is 17.9. The highest BCUT2D eigenvalue weighted by Gasteiger charge is 2.20. The summed E-state index contributed by atoms with van der Waals surface area (Å²) in [4.78, 5) is 0. The van der Waals surface area contributed by atoms with Crippen LogP contribution >= 0.6 is 0 Å². The zero-order chi connectivity index (χ0) is 16.9. The lowest BCUT2D eigenvalue weighted by Gasteiger charge is -2.19. The SMILES string of the molecule is CCCC(C)CS(=O)(=O)NC(CN)c1ccc2ccccc2c1. The minimum Gasteiger partial charge on any atom is -0.329 e. The quantitative estimate of drug-likeness (QED) is 0.779. The Bertz CT molecular complexity index is 744. The summed E-state index contributed by atoms with van der Waals surface area (Å²) in [6.45, 7) is 4.27. The molecule has 2 unspecified atom stereocenters. The van der Waals surface area contributed by atoms with Gasteiger partial charge in [0.15, 0.2) is 0 Å². The van der Waals surface area contributed by atoms with E-state index in [1.165, 1.54) is 0 Å². The molecular weight excluding hydrogens is 308 g/mol. The Labute approximate surface area is 139 Å². The van der Waals surface area contributed by atoms with Crippen molar-refractivity contribution >= 4 is 20.8 Å². The van der Waals surface area contributed by atoms with E-state index in [0.717, 1.165) is 29.2 Å². The first-order valence-electron chi connectivity index (χ1n) is 8.14. The first-order valence-corrected chi connectivity index (χ1v) is 9.79. The van der Waals surface area contributed by atoms with Crippen molar-refractivity contribution < 1.29 is 8.42 Å². The Hall–Kier alpha value is -1.43. The largest absolute Gasteiger partial charge is 0.329 e. The fraction of sp³-hybridized carbons (Fsp3) is 0.444. The normalized spacial score (nSPS) is 14.7. The number of sulfonamides is 1. The Morgan fingerprint density at radius 3 is 2.48 bits per heavy atom. The summed E-state index contributed by atoms with van der Waals surface area (Å²) in [6.07, 6.45) is 1.89. The molecule has 0 saturated heterocycles. The lowest BCUT2D eigenvalue weighted by atomic mass is 10.0. The maximum atomic E-state index is 12.4. The van der Waals surface area contributed by atoms with Crippen LogP contribution in [-0.2, 0) is 10.0 Å². The predicted molar refractivity (Wildman–Crippen MR) is 96.7 cm³/mol. The van der Waals surface area contributed by atoms with Crippen molar-refractivity contribution in [2.24, 2.45) is 11.7 Å². The van der Waals surface area contributed by atoms with Crippen LogP contribution in [0.5, 0.6) is 0 Å². The van der Waals surface area contributed by atoms with E-state index in [0.29, 0.717) is 0 Å². The van der Waals surface area contributed by atoms with Crippen LogP contribution < -0.4 is 10.5 Å². The van der Waals surface area contributed by atoms with Crippen molar-refractivity contribution in [2.75, 3.05) is 12.3 Å². The Kier molecular flexibility index (Phi) is 6.16. The maximum Gasteiger partial charge on any atom is 0.212 e. The molecule has 23 heavy (non-hydrogen) atoms. The van der Waals surface area contributed by atoms with E-state index in [9.17, 15) is 8.42 Å². The molecule has 2 atom stereocenters. The van der Waals surface area contributed by atoms with Crippen LogP contribution in [0.4, 0.5) is 0 Å². The standard InChI is InChI=1S/C18H26N2O2S/c1-3-6-14(2)13-23(21,22)20-18(12-19)17-10-9-15-7-4-5-8-16(15)11-17/h4-5,7-11,14,18,20H,3,6,12-13,19H2,1-2H3. The highest BCUT2D eigenvalue weighted by atomic mass is 32.2. The molecule has 4 nitrogen and oxygen atoms in total. The van der Waals surface area contributed by atoms with Crippen LogP contribution in [0.25, 0.3) is 10.8 Å². The van der Waals surface area contributed by atoms with E-state index >= 15 is 0 Å². The lowest BCUT2D eigenvalue weighted by molar-refractivity contribution is 0.524. The summed E-state index contributed by atoms with van der Waals surface area (Å²) in [5.41, 5.74) is 6.72. The highest BCUT2D eigenvalue weighted by Crippen LogP contribution is 2.21. The zero-order valence-electron chi connectivity index (χ0n) is 13.8. The molecule has 0 amide bonds. The van der Waals surface area contributed by atoms with Crippen molar-refractivity contribution in [3.8, 4) is 0 Å². The third-order valence-electron chi connectivity index (χ3n) is 4.02. The first-order chi connectivity index (χ1) is 10.9. The minimum absolute atomic E-state index is 0.144. The molecule has 0 spiro atoms. The molecule has 0 saturated carbocycles. The average molecular weight is 334 g/mol. The smallest absolute Gasteiger partial charge is 0.212 e. The predicted octanol–water partition coefficient (Wildman–Crippen LogP) is 3.20. The lowest BCUT2D eigenvalue weighted by Crippen LogP contribution is -2.36. The molecule has 0 heterocycles. The van der Waals surface area contributed by atoms with E-state index in [4.69, 9.17) is 5.73 Å². The second-order valence-corrected chi connectivity index (χ2v) is 7.99. The monoisotopic (exact) mass is 334 g/mol. The number of nitrogens with two attached hydrogens (primary N) is 1. The number of rotatable bonds is 8. The third-order valence-corrected chi connectivity index (χ3v) is 5.67. The van der Waals surface area contributed by atoms with Gasteiger partial charge in [-0.3, -0.25) is 0 Å². The van der Waals surface area contributed by atoms with Crippen LogP contribution in [0.3, 0.4) is 0 Å². The summed E-state index contributed by atoms with van der Waals surface area (Å²) in [7, 11) is -3.35. The van der Waals surface area contributed by atoms with E-state index < -0.39 is 16.1 Å². The van der Waals surface area contributed by atoms with E-state index in [1.54, 1.807) is 0 Å². The van der Waals surface area contributed by atoms with Gasteiger partial charge in [-0.05, 0) is 34.7 Å². The van der Waals surface area contributed by atoms with Gasteiger partial charge in [0.1, 0.15) is 0 Å². The molecule has 0 bridgehead atoms. The average Bonchev–Trinajstić information content (AvgIpc) is 2.52. The zero-order valence-corrected chi connectivity index (χ0v) is 14.6. The van der Waals surface area contributed by atoms with Crippen molar-refractivity contribution in [1.82, 2.24) is 4.72 Å². The molecule has 0 aliphatic heterocycles. The van der Waals surface area contributed by atoms with Crippen LogP contribution in [0.1, 0.15) is 38.3 Å². The van der Waals surface area contributed by atoms with Gasteiger partial charge < -0.3 is 5.73 Å². The summed E-state index contributed by atoms with van der Waals surface area (Å²) in [5.74, 6) is 0.290. The van der Waals surface area contributed by atoms with Crippen LogP contribution in [0.15, 0.2) is 42.5 Å². The number of fused-ring (bicyclic) bond motifs is 1. The molecule has 0 aromatic heterocycles. The van der Waals surface area contributed by atoms with Gasteiger partial charge in [0.25, 0.3) is 0 Å². The molecule has 5 heteroatoms. The Morgan fingerprint density at radius 1 is 1.13 bits per heavy atom. The molecule has 2 rings (SSSR count). The molecule has 3 N–H and O–H groups in total. The van der Waals surface area contributed by atoms with E-state index in [2.05, 4.69) is 11.6 Å². The summed E-state index contributed by atoms with van der Waals surface area (Å²) in [6, 6.07) is 13.6. The molecular formula is C18H26N2O2S. The second-order valence-electron chi connectivity index (χ2n) is 6.19. The fourth-order valence-corrected chi connectivity index (χ4v) is 4.57. The van der Waals surface area contributed by atoms with Crippen LogP contribution in [0, 0.1) is 5.92 Å². The van der Waals surface area contributed by atoms with Crippen molar-refractivity contribution in [3.05, 3.63) is 48.0 Å². The van der Waals surface area contributed by atoms with Gasteiger partial charge in [-0.15, -0.1) is 0 Å². The summed E-state index contributed by atoms with van der Waals surface area (Å²) < 4.78 is 27.5. The van der Waals surface area contributed by atoms with Gasteiger partial charge >= 0.3 is 0 Å². The number of benzene rings is 2. The molecule has 0 fully saturated rings. The van der Waals surface area contributed by atoms with Crippen LogP contribution in [-0.4, -0.2) is 20.7 Å². The molecule has 0 radical (unpaired) electrons. The molecule has 126 valence electrons. The number of nitrogens with one attached hydrogen (secondary N) is 1. The number of hydrogen-bond donors (Lipinski definition) is 2. The van der Waals surface area contributed by atoms with Gasteiger partial charge in [-0.25, -0.2) is 13.1 Å². The van der Waals surface area contributed by atoms with Crippen LogP contribution in [0.2, 0.25) is 0 Å². The van der Waals surface area contributed by atoms with Gasteiger partial charge in [-0.1, -0.05) is 56.7 Å². The Morgan fingerprint density at radius 2 is 1.83 bits per heavy atom. The highest BCUT2D eigenvalue weighted by molar-refractivity contribution is 7.89. The third kappa shape index (κ3) is 5.03. The maximum absolute atomic E-state index is 12.4. The van der Waals surface area contributed by atoms with E-state index in [-0.39, 0.29) is 18.2 Å². The Balaban J connectivity index is 2.17. The van der Waals surface area contributed by atoms with E-state index in [1.807, 2.05) is 49.4 Å². The van der Waals surface area contributed by atoms with Crippen molar-refractivity contribution in [3.63, 3.8) is 0 Å². The fourth-order valence-electron chi connectivity index (χ4n) is 2.89. The van der Waals surface area contributed by atoms with Gasteiger partial charge in [0.05, 0.1) is 11.8 Å². The molecule has 0 aliphatic rings. The van der Waals surface area contributed by atoms with Gasteiger partial charge in [0.2, 0.25) is 10.0 Å². The molecule has 2 aromatic rings. The minimum atomic E-state index is -3.35. The van der Waals surface area contributed by atoms with Crippen molar-refractivity contribution in [2.45, 2.75) is 32.7 Å². The molecule has 2 aromatic carbocycles. The van der Waals surface area contributed by atoms with Crippen molar-refractivity contribution in [1.29, 1.82) is 0 Å². The van der Waals surface area contributed by atoms with Gasteiger partial charge in [0, 0.05) is 6.54 Å². The summed E-state index contributed by atoms with van der Waals surface area (Å²) in [5, 5.41) is 2.22.